The van der Waals surface area contributed by atoms with Crippen LogP contribution in [-0.4, -0.2) is 33.9 Å². The lowest BCUT2D eigenvalue weighted by atomic mass is 10.2. The van der Waals surface area contributed by atoms with E-state index in [4.69, 9.17) is 5.11 Å². The van der Waals surface area contributed by atoms with Gasteiger partial charge in [-0.05, 0) is 19.1 Å². The second-order valence-electron chi connectivity index (χ2n) is 3.87. The number of benzene rings is 1. The van der Waals surface area contributed by atoms with Crippen LogP contribution < -0.4 is 5.32 Å². The highest BCUT2D eigenvalue weighted by molar-refractivity contribution is 5.95. The summed E-state index contributed by atoms with van der Waals surface area (Å²) in [6.07, 6.45) is 1.54. The molecule has 0 spiro atoms. The van der Waals surface area contributed by atoms with Gasteiger partial charge >= 0.3 is 0 Å². The maximum Gasteiger partial charge on any atom is 0.254 e. The second-order valence-corrected chi connectivity index (χ2v) is 3.87. The van der Waals surface area contributed by atoms with E-state index in [9.17, 15) is 4.79 Å². The largest absolute Gasteiger partial charge is 0.395 e. The highest BCUT2D eigenvalue weighted by atomic mass is 16.3. The molecule has 0 radical (unpaired) electrons. The third-order valence-electron chi connectivity index (χ3n) is 2.65. The third-order valence-corrected chi connectivity index (χ3v) is 2.65. The van der Waals surface area contributed by atoms with Gasteiger partial charge in [-0.1, -0.05) is 18.2 Å². The van der Waals surface area contributed by atoms with Gasteiger partial charge in [0.05, 0.1) is 29.7 Å². The van der Waals surface area contributed by atoms with Crippen molar-refractivity contribution in [2.75, 3.05) is 13.2 Å². The molecule has 18 heavy (non-hydrogen) atoms. The van der Waals surface area contributed by atoms with Crippen molar-refractivity contribution in [2.45, 2.75) is 6.92 Å². The zero-order valence-electron chi connectivity index (χ0n) is 10.1. The van der Waals surface area contributed by atoms with Crippen LogP contribution in [0.2, 0.25) is 0 Å². The van der Waals surface area contributed by atoms with Crippen LogP contribution in [0.5, 0.6) is 0 Å². The molecule has 0 fully saturated rings. The molecule has 2 N–H and O–H groups in total. The predicted octanol–water partition coefficient (Wildman–Crippen LogP) is 0.903. The summed E-state index contributed by atoms with van der Waals surface area (Å²) < 4.78 is 1.72. The van der Waals surface area contributed by atoms with E-state index < -0.39 is 0 Å². The van der Waals surface area contributed by atoms with Crippen molar-refractivity contribution in [3.05, 3.63) is 47.8 Å². The van der Waals surface area contributed by atoms with Gasteiger partial charge in [-0.25, -0.2) is 4.68 Å². The highest BCUT2D eigenvalue weighted by Gasteiger charge is 2.14. The van der Waals surface area contributed by atoms with Gasteiger partial charge in [-0.3, -0.25) is 4.79 Å². The number of hydrogen-bond acceptors (Lipinski definition) is 3. The van der Waals surface area contributed by atoms with Gasteiger partial charge in [0.2, 0.25) is 0 Å². The van der Waals surface area contributed by atoms with E-state index in [0.29, 0.717) is 5.56 Å². The Morgan fingerprint density at radius 2 is 2.11 bits per heavy atom. The first-order valence-corrected chi connectivity index (χ1v) is 5.73. The van der Waals surface area contributed by atoms with Crippen molar-refractivity contribution in [3.63, 3.8) is 0 Å². The molecular weight excluding hydrogens is 230 g/mol. The molecule has 1 aromatic heterocycles. The number of nitrogens with one attached hydrogen (secondary N) is 1. The Hall–Kier alpha value is -2.14. The number of aromatic nitrogens is 2. The third kappa shape index (κ3) is 2.41. The van der Waals surface area contributed by atoms with Crippen LogP contribution in [0.1, 0.15) is 16.1 Å². The molecule has 5 heteroatoms. The van der Waals surface area contributed by atoms with Crippen LogP contribution in [-0.2, 0) is 0 Å². The topological polar surface area (TPSA) is 67.2 Å². The Bertz CT molecular complexity index is 534. The van der Waals surface area contributed by atoms with Crippen molar-refractivity contribution >= 4 is 5.91 Å². The number of nitrogens with zero attached hydrogens (tertiary/aromatic N) is 2. The first kappa shape index (κ1) is 12.3. The number of rotatable bonds is 4. The number of aliphatic hydroxyl groups is 1. The molecule has 0 aliphatic carbocycles. The Morgan fingerprint density at radius 1 is 1.39 bits per heavy atom. The fourth-order valence-electron chi connectivity index (χ4n) is 1.73. The maximum atomic E-state index is 11.8. The van der Waals surface area contributed by atoms with Gasteiger partial charge in [0.15, 0.2) is 0 Å². The average molecular weight is 245 g/mol. The fraction of sp³-hybridized carbons (Fsp3) is 0.231. The van der Waals surface area contributed by atoms with Crippen molar-refractivity contribution in [3.8, 4) is 5.69 Å². The lowest BCUT2D eigenvalue weighted by molar-refractivity contribution is 0.0944. The van der Waals surface area contributed by atoms with E-state index in [1.165, 1.54) is 6.20 Å². The molecule has 0 saturated carbocycles. The Labute approximate surface area is 105 Å². The van der Waals surface area contributed by atoms with Gasteiger partial charge in [-0.15, -0.1) is 0 Å². The van der Waals surface area contributed by atoms with Gasteiger partial charge in [-0.2, -0.15) is 5.10 Å². The Balaban J connectivity index is 2.27. The molecule has 0 atom stereocenters. The van der Waals surface area contributed by atoms with Crippen LogP contribution >= 0.6 is 0 Å². The summed E-state index contributed by atoms with van der Waals surface area (Å²) in [6, 6.07) is 9.62. The fourth-order valence-corrected chi connectivity index (χ4v) is 1.73. The van der Waals surface area contributed by atoms with E-state index in [2.05, 4.69) is 10.4 Å². The van der Waals surface area contributed by atoms with Crippen LogP contribution in [0.15, 0.2) is 36.5 Å². The zero-order valence-corrected chi connectivity index (χ0v) is 10.1. The molecule has 2 rings (SSSR count). The van der Waals surface area contributed by atoms with Gasteiger partial charge in [0.1, 0.15) is 0 Å². The lowest BCUT2D eigenvalue weighted by Crippen LogP contribution is -2.26. The first-order valence-electron chi connectivity index (χ1n) is 5.73. The van der Waals surface area contributed by atoms with E-state index >= 15 is 0 Å². The van der Waals surface area contributed by atoms with Gasteiger partial charge < -0.3 is 10.4 Å². The molecule has 1 amide bonds. The monoisotopic (exact) mass is 245 g/mol. The summed E-state index contributed by atoms with van der Waals surface area (Å²) in [7, 11) is 0. The van der Waals surface area contributed by atoms with Crippen molar-refractivity contribution in [1.82, 2.24) is 15.1 Å². The number of aliphatic hydroxyl groups excluding tert-OH is 1. The van der Waals surface area contributed by atoms with Gasteiger partial charge in [0, 0.05) is 6.54 Å². The molecule has 0 saturated heterocycles. The minimum absolute atomic E-state index is 0.0718. The molecule has 0 unspecified atom stereocenters. The SMILES string of the molecule is Cc1c(C(=O)NCCO)cnn1-c1ccccc1. The maximum absolute atomic E-state index is 11.8. The summed E-state index contributed by atoms with van der Waals surface area (Å²) in [5, 5.41) is 15.5. The summed E-state index contributed by atoms with van der Waals surface area (Å²) in [6.45, 7) is 2.01. The van der Waals surface area contributed by atoms with Crippen LogP contribution in [0, 0.1) is 6.92 Å². The molecule has 2 aromatic rings. The highest BCUT2D eigenvalue weighted by Crippen LogP contribution is 2.13. The quantitative estimate of drug-likeness (QED) is 0.841. The molecule has 0 aliphatic heterocycles. The summed E-state index contributed by atoms with van der Waals surface area (Å²) in [5.41, 5.74) is 2.21. The van der Waals surface area contributed by atoms with E-state index in [-0.39, 0.29) is 19.1 Å². The van der Waals surface area contributed by atoms with Crippen LogP contribution in [0.4, 0.5) is 0 Å². The number of amides is 1. The van der Waals surface area contributed by atoms with E-state index in [0.717, 1.165) is 11.4 Å². The number of carbonyl (C=O) groups excluding carboxylic acids is 1. The number of hydrogen-bond donors (Lipinski definition) is 2. The molecule has 0 bridgehead atoms. The molecular formula is C13H15N3O2. The normalized spacial score (nSPS) is 10.3. The minimum Gasteiger partial charge on any atom is -0.395 e. The second kappa shape index (κ2) is 5.46. The first-order chi connectivity index (χ1) is 8.74. The molecule has 0 aliphatic rings. The van der Waals surface area contributed by atoms with Crippen LogP contribution in [0.3, 0.4) is 0 Å². The zero-order chi connectivity index (χ0) is 13.0. The van der Waals surface area contributed by atoms with E-state index in [1.54, 1.807) is 4.68 Å². The molecule has 94 valence electrons. The summed E-state index contributed by atoms with van der Waals surface area (Å²) in [5.74, 6) is -0.219. The molecule has 1 aromatic carbocycles. The summed E-state index contributed by atoms with van der Waals surface area (Å²) in [4.78, 5) is 11.8. The smallest absolute Gasteiger partial charge is 0.254 e. The minimum atomic E-state index is -0.219. The van der Waals surface area contributed by atoms with Crippen molar-refractivity contribution in [2.24, 2.45) is 0 Å². The van der Waals surface area contributed by atoms with E-state index in [1.807, 2.05) is 37.3 Å². The lowest BCUT2D eigenvalue weighted by Gasteiger charge is -2.05. The summed E-state index contributed by atoms with van der Waals surface area (Å²) >= 11 is 0. The average Bonchev–Trinajstić information content (AvgIpc) is 2.79. The predicted molar refractivity (Wildman–Crippen MR) is 67.7 cm³/mol. The van der Waals surface area contributed by atoms with Gasteiger partial charge in [0.25, 0.3) is 5.91 Å². The molecule has 1 heterocycles. The standard InChI is InChI=1S/C13H15N3O2/c1-10-12(13(18)14-7-8-17)9-15-16(10)11-5-3-2-4-6-11/h2-6,9,17H,7-8H2,1H3,(H,14,18). The van der Waals surface area contributed by atoms with Crippen LogP contribution in [0.25, 0.3) is 5.69 Å². The number of para-hydroxylation sites is 1. The van der Waals surface area contributed by atoms with Crippen molar-refractivity contribution < 1.29 is 9.90 Å². The molecule has 5 nitrogen and oxygen atoms in total. The Morgan fingerprint density at radius 3 is 2.78 bits per heavy atom. The van der Waals surface area contributed by atoms with Crippen molar-refractivity contribution in [1.29, 1.82) is 0 Å². The number of carbonyl (C=O) groups is 1. The Kier molecular flexibility index (Phi) is 3.74.